The summed E-state index contributed by atoms with van der Waals surface area (Å²) >= 11 is 0. The number of phenolic OH excluding ortho intramolecular Hbond substituents is 2. The average molecular weight is 284 g/mol. The molecule has 1 aromatic heterocycles. The number of fused-ring (bicyclic) bond motifs is 1. The molecular formula is C16H12O5. The lowest BCUT2D eigenvalue weighted by Gasteiger charge is -2.05. The zero-order chi connectivity index (χ0) is 15.0. The van der Waals surface area contributed by atoms with Gasteiger partial charge in [-0.25, -0.2) is 4.79 Å². The summed E-state index contributed by atoms with van der Waals surface area (Å²) in [6.07, 6.45) is 0. The predicted octanol–water partition coefficient (Wildman–Crippen LogP) is 2.88. The van der Waals surface area contributed by atoms with Crippen LogP contribution in [0.2, 0.25) is 0 Å². The van der Waals surface area contributed by atoms with Gasteiger partial charge in [-0.1, -0.05) is 12.1 Å². The van der Waals surface area contributed by atoms with Crippen LogP contribution in [0.1, 0.15) is 0 Å². The van der Waals surface area contributed by atoms with Crippen molar-refractivity contribution in [3.63, 3.8) is 0 Å². The van der Waals surface area contributed by atoms with Crippen LogP contribution in [-0.4, -0.2) is 17.3 Å². The minimum absolute atomic E-state index is 0.0303. The van der Waals surface area contributed by atoms with Crippen LogP contribution in [0.25, 0.3) is 22.1 Å². The molecule has 21 heavy (non-hydrogen) atoms. The molecule has 0 radical (unpaired) electrons. The Bertz CT molecular complexity index is 862. The maximum absolute atomic E-state index is 12.1. The highest BCUT2D eigenvalue weighted by Crippen LogP contribution is 2.34. The second kappa shape index (κ2) is 4.86. The van der Waals surface area contributed by atoms with E-state index in [0.717, 1.165) is 0 Å². The average Bonchev–Trinajstić information content (AvgIpc) is 2.51. The molecule has 0 aliphatic heterocycles. The first-order valence-electron chi connectivity index (χ1n) is 6.23. The van der Waals surface area contributed by atoms with Crippen molar-refractivity contribution < 1.29 is 19.4 Å². The van der Waals surface area contributed by atoms with Crippen LogP contribution in [0.4, 0.5) is 0 Å². The fourth-order valence-electron chi connectivity index (χ4n) is 2.13. The van der Waals surface area contributed by atoms with Gasteiger partial charge >= 0.3 is 5.63 Å². The summed E-state index contributed by atoms with van der Waals surface area (Å²) in [5.41, 5.74) is 0.431. The van der Waals surface area contributed by atoms with Gasteiger partial charge in [0.15, 0.2) is 11.3 Å². The van der Waals surface area contributed by atoms with Crippen LogP contribution in [0.5, 0.6) is 17.2 Å². The van der Waals surface area contributed by atoms with Crippen LogP contribution >= 0.6 is 0 Å². The van der Waals surface area contributed by atoms with Crippen molar-refractivity contribution in [3.8, 4) is 28.4 Å². The van der Waals surface area contributed by atoms with E-state index in [0.29, 0.717) is 22.3 Å². The van der Waals surface area contributed by atoms with Crippen molar-refractivity contribution in [1.82, 2.24) is 0 Å². The topological polar surface area (TPSA) is 79.9 Å². The molecule has 0 aliphatic rings. The van der Waals surface area contributed by atoms with Gasteiger partial charge in [0.25, 0.3) is 0 Å². The van der Waals surface area contributed by atoms with Crippen molar-refractivity contribution in [3.05, 3.63) is 52.9 Å². The van der Waals surface area contributed by atoms with E-state index in [-0.39, 0.29) is 11.3 Å². The zero-order valence-electron chi connectivity index (χ0n) is 11.2. The van der Waals surface area contributed by atoms with Crippen LogP contribution in [-0.2, 0) is 0 Å². The lowest BCUT2D eigenvalue weighted by atomic mass is 10.1. The molecule has 0 saturated heterocycles. The lowest BCUT2D eigenvalue weighted by molar-refractivity contribution is 0.398. The molecule has 0 fully saturated rings. The van der Waals surface area contributed by atoms with E-state index in [1.807, 2.05) is 0 Å². The Kier molecular flexibility index (Phi) is 3.02. The van der Waals surface area contributed by atoms with Gasteiger partial charge in [-0.15, -0.1) is 0 Å². The number of hydrogen-bond acceptors (Lipinski definition) is 5. The summed E-state index contributed by atoms with van der Waals surface area (Å²) in [6.45, 7) is 0. The van der Waals surface area contributed by atoms with E-state index in [9.17, 15) is 15.0 Å². The molecular weight excluding hydrogens is 272 g/mol. The number of hydrogen-bond donors (Lipinski definition) is 2. The second-order valence-electron chi connectivity index (χ2n) is 4.53. The molecule has 0 spiro atoms. The molecule has 1 heterocycles. The minimum atomic E-state index is -0.589. The van der Waals surface area contributed by atoms with Crippen LogP contribution in [0.15, 0.2) is 51.7 Å². The molecule has 0 atom stereocenters. The third-order valence-corrected chi connectivity index (χ3v) is 3.26. The molecule has 5 nitrogen and oxygen atoms in total. The van der Waals surface area contributed by atoms with Gasteiger partial charge in [-0.05, 0) is 35.9 Å². The van der Waals surface area contributed by atoms with Crippen LogP contribution < -0.4 is 10.4 Å². The van der Waals surface area contributed by atoms with Gasteiger partial charge < -0.3 is 19.4 Å². The number of ether oxygens (including phenoxy) is 1. The smallest absolute Gasteiger partial charge is 0.344 e. The van der Waals surface area contributed by atoms with E-state index < -0.39 is 11.4 Å². The Hall–Kier alpha value is -2.95. The summed E-state index contributed by atoms with van der Waals surface area (Å²) in [4.78, 5) is 12.1. The van der Waals surface area contributed by atoms with Gasteiger partial charge in [0.05, 0.1) is 12.7 Å². The molecule has 5 heteroatoms. The van der Waals surface area contributed by atoms with Gasteiger partial charge in [0.2, 0.25) is 5.75 Å². The maximum atomic E-state index is 12.1. The van der Waals surface area contributed by atoms with Gasteiger partial charge in [-0.3, -0.25) is 0 Å². The first kappa shape index (κ1) is 13.1. The van der Waals surface area contributed by atoms with E-state index in [1.54, 1.807) is 43.5 Å². The third kappa shape index (κ3) is 2.18. The van der Waals surface area contributed by atoms with Crippen molar-refractivity contribution in [2.24, 2.45) is 0 Å². The molecule has 3 rings (SSSR count). The first-order chi connectivity index (χ1) is 10.1. The van der Waals surface area contributed by atoms with E-state index in [2.05, 4.69) is 0 Å². The van der Waals surface area contributed by atoms with E-state index in [1.165, 1.54) is 6.07 Å². The Balaban J connectivity index is 2.21. The summed E-state index contributed by atoms with van der Waals surface area (Å²) in [6, 6.07) is 11.5. The Labute approximate surface area is 119 Å². The Morgan fingerprint density at radius 2 is 1.76 bits per heavy atom. The van der Waals surface area contributed by atoms with Crippen LogP contribution in [0.3, 0.4) is 0 Å². The fraction of sp³-hybridized carbons (Fsp3) is 0.0625. The van der Waals surface area contributed by atoms with Crippen molar-refractivity contribution in [2.75, 3.05) is 7.11 Å². The number of benzene rings is 2. The summed E-state index contributed by atoms with van der Waals surface area (Å²) in [7, 11) is 1.56. The standard InChI is InChI=1S/C16H12O5/c1-20-11-5-2-9(3-6-11)12-8-10-4-7-13(17)14(18)15(10)21-16(12)19/h2-8,17-18H,1H3. The molecule has 106 valence electrons. The lowest BCUT2D eigenvalue weighted by Crippen LogP contribution is -2.02. The summed E-state index contributed by atoms with van der Waals surface area (Å²) in [5, 5.41) is 19.7. The van der Waals surface area contributed by atoms with E-state index in [4.69, 9.17) is 9.15 Å². The largest absolute Gasteiger partial charge is 0.504 e. The van der Waals surface area contributed by atoms with E-state index >= 15 is 0 Å². The molecule has 0 amide bonds. The Morgan fingerprint density at radius 3 is 2.43 bits per heavy atom. The first-order valence-corrected chi connectivity index (χ1v) is 6.23. The minimum Gasteiger partial charge on any atom is -0.504 e. The zero-order valence-corrected chi connectivity index (χ0v) is 11.2. The molecule has 0 saturated carbocycles. The second-order valence-corrected chi connectivity index (χ2v) is 4.53. The van der Waals surface area contributed by atoms with Gasteiger partial charge in [-0.2, -0.15) is 0 Å². The molecule has 3 aromatic rings. The fourth-order valence-corrected chi connectivity index (χ4v) is 2.13. The molecule has 0 bridgehead atoms. The van der Waals surface area contributed by atoms with Gasteiger partial charge in [0, 0.05) is 5.39 Å². The summed E-state index contributed by atoms with van der Waals surface area (Å²) < 4.78 is 10.2. The molecule has 0 unspecified atom stereocenters. The quantitative estimate of drug-likeness (QED) is 0.558. The third-order valence-electron chi connectivity index (χ3n) is 3.26. The van der Waals surface area contributed by atoms with Crippen molar-refractivity contribution in [2.45, 2.75) is 0 Å². The normalized spacial score (nSPS) is 10.7. The highest BCUT2D eigenvalue weighted by Gasteiger charge is 2.12. The molecule has 2 aromatic carbocycles. The van der Waals surface area contributed by atoms with Crippen LogP contribution in [0, 0.1) is 0 Å². The monoisotopic (exact) mass is 284 g/mol. The number of aromatic hydroxyl groups is 2. The number of phenols is 2. The number of methoxy groups -OCH3 is 1. The molecule has 2 N–H and O–H groups in total. The highest BCUT2D eigenvalue weighted by molar-refractivity contribution is 5.87. The van der Waals surface area contributed by atoms with Crippen molar-refractivity contribution in [1.29, 1.82) is 0 Å². The highest BCUT2D eigenvalue weighted by atomic mass is 16.5. The number of rotatable bonds is 2. The SMILES string of the molecule is COc1ccc(-c2cc3ccc(O)c(O)c3oc2=O)cc1. The van der Waals surface area contributed by atoms with Gasteiger partial charge in [0.1, 0.15) is 5.75 Å². The molecule has 0 aliphatic carbocycles. The maximum Gasteiger partial charge on any atom is 0.344 e. The summed E-state index contributed by atoms with van der Waals surface area (Å²) in [5.74, 6) is -0.0831. The Morgan fingerprint density at radius 1 is 1.05 bits per heavy atom. The van der Waals surface area contributed by atoms with Crippen molar-refractivity contribution >= 4 is 11.0 Å². The predicted molar refractivity (Wildman–Crippen MR) is 77.8 cm³/mol.